The predicted molar refractivity (Wildman–Crippen MR) is 21.8 cm³/mol. The summed E-state index contributed by atoms with van der Waals surface area (Å²) >= 11 is 0. The summed E-state index contributed by atoms with van der Waals surface area (Å²) in [6, 6.07) is 1.07. The van der Waals surface area contributed by atoms with E-state index in [0.717, 1.165) is 6.07 Å². The van der Waals surface area contributed by atoms with E-state index >= 15 is 0 Å². The number of hydrogen-bond acceptors (Lipinski definition) is 3. The number of imide groups is 1. The lowest BCUT2D eigenvalue weighted by Crippen LogP contribution is -2.26. The number of rotatable bonds is 0. The van der Waals surface area contributed by atoms with Crippen molar-refractivity contribution in [2.24, 2.45) is 0 Å². The monoisotopic (exact) mass is 114 g/mol. The van der Waals surface area contributed by atoms with Crippen molar-refractivity contribution < 1.29 is 14.7 Å². The summed E-state index contributed by atoms with van der Waals surface area (Å²) < 4.78 is 0. The molecule has 0 aliphatic carbocycles. The maximum Gasteiger partial charge on any atom is 0.412 e. The molecule has 0 aromatic carbocycles. The number of carboxylic acid groups (broad SMARTS) is 1. The molecule has 2 N–H and O–H groups in total. The fourth-order valence-corrected chi connectivity index (χ4v) is 0.125. The van der Waals surface area contributed by atoms with E-state index in [1.807, 2.05) is 0 Å². The lowest BCUT2D eigenvalue weighted by Gasteiger charge is -1.84. The van der Waals surface area contributed by atoms with Gasteiger partial charge in [-0.25, -0.2) is 10.1 Å². The molecule has 0 aromatic rings. The molecule has 0 spiro atoms. The predicted octanol–water partition coefficient (Wildman–Crippen LogP) is -0.696. The number of carbonyl (C=O) groups excluding carboxylic acids is 1. The molecule has 0 bridgehead atoms. The smallest absolute Gasteiger partial charge is 0.412 e. The van der Waals surface area contributed by atoms with Crippen LogP contribution in [0, 0.1) is 11.3 Å². The van der Waals surface area contributed by atoms with Gasteiger partial charge in [0.15, 0.2) is 6.07 Å². The van der Waals surface area contributed by atoms with E-state index in [0.29, 0.717) is 0 Å². The van der Waals surface area contributed by atoms with E-state index in [2.05, 4.69) is 0 Å². The molecule has 0 fully saturated rings. The second-order valence-electron chi connectivity index (χ2n) is 0.871. The summed E-state index contributed by atoms with van der Waals surface area (Å²) in [5, 5.41) is 16.7. The Morgan fingerprint density at radius 3 is 2.25 bits per heavy atom. The average Bonchev–Trinajstić information content (AvgIpc) is 1.65. The fourth-order valence-electron chi connectivity index (χ4n) is 0.125. The molecule has 0 radical (unpaired) electrons. The van der Waals surface area contributed by atoms with Crippen molar-refractivity contribution in [1.82, 2.24) is 5.32 Å². The van der Waals surface area contributed by atoms with Crippen LogP contribution in [0.4, 0.5) is 4.79 Å². The molecule has 5 heteroatoms. The van der Waals surface area contributed by atoms with Crippen molar-refractivity contribution in [1.29, 1.82) is 5.26 Å². The molecule has 0 heterocycles. The molecular formula is C3H2N2O3. The van der Waals surface area contributed by atoms with Gasteiger partial charge in [-0.05, 0) is 0 Å². The Labute approximate surface area is 44.5 Å². The van der Waals surface area contributed by atoms with Crippen LogP contribution in [-0.4, -0.2) is 17.1 Å². The fraction of sp³-hybridized carbons (Fsp3) is 0. The standard InChI is InChI=1S/C3H2N2O3/c4-1-2(6)5-3(7)8/h(H,5,6)(H,7,8). The van der Waals surface area contributed by atoms with Gasteiger partial charge >= 0.3 is 12.0 Å². The first-order valence-electron chi connectivity index (χ1n) is 1.61. The highest BCUT2D eigenvalue weighted by Crippen LogP contribution is 1.59. The number of amides is 2. The van der Waals surface area contributed by atoms with Gasteiger partial charge in [0.05, 0.1) is 0 Å². The first kappa shape index (κ1) is 6.43. The Morgan fingerprint density at radius 1 is 1.62 bits per heavy atom. The summed E-state index contributed by atoms with van der Waals surface area (Å²) in [6.07, 6.45) is -1.52. The largest absolute Gasteiger partial charge is 0.465 e. The topological polar surface area (TPSA) is 90.2 Å². The average molecular weight is 114 g/mol. The van der Waals surface area contributed by atoms with Crippen molar-refractivity contribution in [2.45, 2.75) is 0 Å². The Hall–Kier alpha value is -1.57. The maximum absolute atomic E-state index is 9.77. The van der Waals surface area contributed by atoms with Gasteiger partial charge in [-0.3, -0.25) is 4.79 Å². The first-order valence-corrected chi connectivity index (χ1v) is 1.61. The molecule has 0 atom stereocenters. The van der Waals surface area contributed by atoms with Crippen LogP contribution in [0.5, 0.6) is 0 Å². The molecule has 5 nitrogen and oxygen atoms in total. The highest BCUT2D eigenvalue weighted by atomic mass is 16.4. The summed E-state index contributed by atoms with van der Waals surface area (Å²) in [5.74, 6) is -1.17. The van der Waals surface area contributed by atoms with Gasteiger partial charge in [-0.2, -0.15) is 5.26 Å². The summed E-state index contributed by atoms with van der Waals surface area (Å²) in [7, 11) is 0. The third-order valence-electron chi connectivity index (χ3n) is 0.322. The molecule has 0 unspecified atom stereocenters. The van der Waals surface area contributed by atoms with Crippen LogP contribution in [0.15, 0.2) is 0 Å². The third-order valence-corrected chi connectivity index (χ3v) is 0.322. The Kier molecular flexibility index (Phi) is 2.07. The molecule has 0 saturated heterocycles. The number of nitrogens with one attached hydrogen (secondary N) is 1. The molecule has 0 saturated carbocycles. The number of nitrogens with zero attached hydrogens (tertiary/aromatic N) is 1. The van der Waals surface area contributed by atoms with Gasteiger partial charge in [0.1, 0.15) is 0 Å². The van der Waals surface area contributed by atoms with E-state index in [1.54, 1.807) is 0 Å². The zero-order valence-electron chi connectivity index (χ0n) is 3.71. The van der Waals surface area contributed by atoms with Crippen LogP contribution < -0.4 is 5.32 Å². The van der Waals surface area contributed by atoms with Crippen LogP contribution in [0.25, 0.3) is 0 Å². The minimum absolute atomic E-state index is 1.07. The lowest BCUT2D eigenvalue weighted by atomic mass is 10.7. The molecule has 0 aliphatic heterocycles. The van der Waals surface area contributed by atoms with Gasteiger partial charge in [0.25, 0.3) is 0 Å². The van der Waals surface area contributed by atoms with Crippen molar-refractivity contribution in [3.05, 3.63) is 0 Å². The molecule has 42 valence electrons. The number of carbonyl (C=O) groups is 2. The highest BCUT2D eigenvalue weighted by molar-refractivity contribution is 6.00. The minimum Gasteiger partial charge on any atom is -0.465 e. The van der Waals surface area contributed by atoms with Gasteiger partial charge < -0.3 is 5.11 Å². The van der Waals surface area contributed by atoms with Crippen molar-refractivity contribution in [3.8, 4) is 6.07 Å². The summed E-state index contributed by atoms with van der Waals surface area (Å²) in [6.45, 7) is 0. The molecular weight excluding hydrogens is 112 g/mol. The molecule has 0 aromatic heterocycles. The van der Waals surface area contributed by atoms with Crippen LogP contribution in [0.3, 0.4) is 0 Å². The maximum atomic E-state index is 9.77. The zero-order chi connectivity index (χ0) is 6.57. The molecule has 0 aliphatic rings. The van der Waals surface area contributed by atoms with Crippen LogP contribution in [0.1, 0.15) is 0 Å². The van der Waals surface area contributed by atoms with Gasteiger partial charge in [0, 0.05) is 0 Å². The second-order valence-corrected chi connectivity index (χ2v) is 0.871. The Morgan fingerprint density at radius 2 is 2.12 bits per heavy atom. The highest BCUT2D eigenvalue weighted by Gasteiger charge is 2.00. The quantitative estimate of drug-likeness (QED) is 0.407. The van der Waals surface area contributed by atoms with E-state index in [9.17, 15) is 9.59 Å². The molecule has 0 rings (SSSR count). The van der Waals surface area contributed by atoms with Gasteiger partial charge in [-0.1, -0.05) is 0 Å². The SMILES string of the molecule is N#CC(=O)NC(=O)O. The third kappa shape index (κ3) is 2.66. The first-order chi connectivity index (χ1) is 3.66. The van der Waals surface area contributed by atoms with Gasteiger partial charge in [0.2, 0.25) is 0 Å². The van der Waals surface area contributed by atoms with E-state index in [1.165, 1.54) is 5.32 Å². The van der Waals surface area contributed by atoms with Gasteiger partial charge in [-0.15, -0.1) is 0 Å². The zero-order valence-corrected chi connectivity index (χ0v) is 3.71. The van der Waals surface area contributed by atoms with Crippen LogP contribution >= 0.6 is 0 Å². The summed E-state index contributed by atoms with van der Waals surface area (Å²) in [5.41, 5.74) is 0. The van der Waals surface area contributed by atoms with E-state index in [4.69, 9.17) is 10.4 Å². The Balaban J connectivity index is 3.61. The van der Waals surface area contributed by atoms with Crippen molar-refractivity contribution in [2.75, 3.05) is 0 Å². The van der Waals surface area contributed by atoms with E-state index < -0.39 is 12.0 Å². The van der Waals surface area contributed by atoms with Crippen LogP contribution in [-0.2, 0) is 4.79 Å². The molecule has 2 amide bonds. The van der Waals surface area contributed by atoms with Crippen LogP contribution in [0.2, 0.25) is 0 Å². The normalized spacial score (nSPS) is 6.88. The lowest BCUT2D eigenvalue weighted by molar-refractivity contribution is -0.115. The number of nitriles is 1. The minimum atomic E-state index is -1.52. The summed E-state index contributed by atoms with van der Waals surface area (Å²) in [4.78, 5) is 19.3. The number of hydrogen-bond donors (Lipinski definition) is 2. The second kappa shape index (κ2) is 2.58. The molecule has 8 heavy (non-hydrogen) atoms. The van der Waals surface area contributed by atoms with Crippen molar-refractivity contribution in [3.63, 3.8) is 0 Å². The van der Waals surface area contributed by atoms with Crippen molar-refractivity contribution >= 4 is 12.0 Å². The Bertz CT molecular complexity index is 156. The van der Waals surface area contributed by atoms with E-state index in [-0.39, 0.29) is 0 Å².